The van der Waals surface area contributed by atoms with Crippen molar-refractivity contribution in [1.82, 2.24) is 9.97 Å². The lowest BCUT2D eigenvalue weighted by Crippen LogP contribution is -2.14. The Kier molecular flexibility index (Phi) is 3.42. The first kappa shape index (κ1) is 11.4. The van der Waals surface area contributed by atoms with Gasteiger partial charge in [-0.2, -0.15) is 0 Å². The fraction of sp³-hybridized carbons (Fsp3) is 0.692. The lowest BCUT2D eigenvalue weighted by atomic mass is 9.82. The number of aryl methyl sites for hydroxylation is 1. The first-order chi connectivity index (χ1) is 7.69. The highest BCUT2D eigenvalue weighted by atomic mass is 15.0. The van der Waals surface area contributed by atoms with Crippen molar-refractivity contribution in [1.29, 1.82) is 0 Å². The third kappa shape index (κ3) is 2.52. The Labute approximate surface area is 97.7 Å². The Morgan fingerprint density at radius 2 is 1.88 bits per heavy atom. The highest BCUT2D eigenvalue weighted by molar-refractivity contribution is 5.35. The molecule has 0 aromatic carbocycles. The van der Waals surface area contributed by atoms with Crippen LogP contribution in [0.5, 0.6) is 0 Å². The summed E-state index contributed by atoms with van der Waals surface area (Å²) in [7, 11) is 1.91. The Bertz CT molecular complexity index is 354. The lowest BCUT2D eigenvalue weighted by molar-refractivity contribution is 0.339. The Morgan fingerprint density at radius 1 is 1.19 bits per heavy atom. The molecule has 3 heteroatoms. The monoisotopic (exact) mass is 219 g/mol. The lowest BCUT2D eigenvalue weighted by Gasteiger charge is -2.25. The molecule has 0 unspecified atom stereocenters. The molecule has 3 nitrogen and oxygen atoms in total. The van der Waals surface area contributed by atoms with Gasteiger partial charge in [0.2, 0.25) is 0 Å². The average Bonchev–Trinajstić information content (AvgIpc) is 2.29. The van der Waals surface area contributed by atoms with Crippen LogP contribution in [0.15, 0.2) is 6.07 Å². The summed E-state index contributed by atoms with van der Waals surface area (Å²) >= 11 is 0. The molecule has 1 aromatic rings. The first-order valence-corrected chi connectivity index (χ1v) is 6.22. The van der Waals surface area contributed by atoms with Gasteiger partial charge in [0.1, 0.15) is 11.6 Å². The first-order valence-electron chi connectivity index (χ1n) is 6.22. The van der Waals surface area contributed by atoms with Crippen molar-refractivity contribution in [3.8, 4) is 0 Å². The maximum atomic E-state index is 4.58. The van der Waals surface area contributed by atoms with Crippen LogP contribution in [0.2, 0.25) is 0 Å². The Balaban J connectivity index is 2.16. The fourth-order valence-corrected chi connectivity index (χ4v) is 2.42. The van der Waals surface area contributed by atoms with Gasteiger partial charge in [-0.3, -0.25) is 0 Å². The molecule has 1 fully saturated rings. The molecule has 0 radical (unpaired) electrons. The molecule has 0 bridgehead atoms. The number of hydrogen-bond donors (Lipinski definition) is 1. The van der Waals surface area contributed by atoms with Crippen molar-refractivity contribution in [2.75, 3.05) is 12.4 Å². The SMILES string of the molecule is CNc1cc(C)nc(C2CCC(C)CC2)n1. The summed E-state index contributed by atoms with van der Waals surface area (Å²) in [5, 5.41) is 3.10. The van der Waals surface area contributed by atoms with E-state index in [1.165, 1.54) is 25.7 Å². The van der Waals surface area contributed by atoms with E-state index < -0.39 is 0 Å². The molecule has 0 saturated heterocycles. The van der Waals surface area contributed by atoms with E-state index in [-0.39, 0.29) is 0 Å². The van der Waals surface area contributed by atoms with Gasteiger partial charge in [0, 0.05) is 24.7 Å². The summed E-state index contributed by atoms with van der Waals surface area (Å²) in [6.45, 7) is 4.38. The zero-order valence-corrected chi connectivity index (χ0v) is 10.5. The Morgan fingerprint density at radius 3 is 2.50 bits per heavy atom. The van der Waals surface area contributed by atoms with E-state index >= 15 is 0 Å². The zero-order chi connectivity index (χ0) is 11.5. The molecule has 1 saturated carbocycles. The smallest absolute Gasteiger partial charge is 0.134 e. The molecule has 0 atom stereocenters. The summed E-state index contributed by atoms with van der Waals surface area (Å²) in [4.78, 5) is 9.16. The van der Waals surface area contributed by atoms with Crippen molar-refractivity contribution in [3.05, 3.63) is 17.6 Å². The Hall–Kier alpha value is -1.12. The van der Waals surface area contributed by atoms with Crippen molar-refractivity contribution in [2.24, 2.45) is 5.92 Å². The van der Waals surface area contributed by atoms with Gasteiger partial charge in [-0.1, -0.05) is 19.8 Å². The maximum Gasteiger partial charge on any atom is 0.134 e. The summed E-state index contributed by atoms with van der Waals surface area (Å²) in [5.74, 6) is 3.44. The van der Waals surface area contributed by atoms with E-state index in [1.54, 1.807) is 0 Å². The van der Waals surface area contributed by atoms with Gasteiger partial charge < -0.3 is 5.32 Å². The largest absolute Gasteiger partial charge is 0.373 e. The van der Waals surface area contributed by atoms with Gasteiger partial charge in [-0.15, -0.1) is 0 Å². The van der Waals surface area contributed by atoms with Crippen LogP contribution in [0, 0.1) is 12.8 Å². The van der Waals surface area contributed by atoms with Gasteiger partial charge in [-0.05, 0) is 25.7 Å². The minimum absolute atomic E-state index is 0.572. The molecule has 1 aliphatic carbocycles. The molecular weight excluding hydrogens is 198 g/mol. The quantitative estimate of drug-likeness (QED) is 0.830. The molecule has 1 aromatic heterocycles. The second-order valence-electron chi connectivity index (χ2n) is 4.96. The molecular formula is C13H21N3. The van der Waals surface area contributed by atoms with Crippen LogP contribution in [0.25, 0.3) is 0 Å². The number of anilines is 1. The van der Waals surface area contributed by atoms with Gasteiger partial charge in [0.25, 0.3) is 0 Å². The predicted molar refractivity (Wildman–Crippen MR) is 66.7 cm³/mol. The molecule has 0 aliphatic heterocycles. The molecule has 2 rings (SSSR count). The minimum Gasteiger partial charge on any atom is -0.373 e. The van der Waals surface area contributed by atoms with Crippen LogP contribution in [-0.2, 0) is 0 Å². The van der Waals surface area contributed by atoms with E-state index in [9.17, 15) is 0 Å². The van der Waals surface area contributed by atoms with Gasteiger partial charge >= 0.3 is 0 Å². The van der Waals surface area contributed by atoms with E-state index in [1.807, 2.05) is 20.0 Å². The van der Waals surface area contributed by atoms with Crippen LogP contribution in [0.4, 0.5) is 5.82 Å². The number of aromatic nitrogens is 2. The van der Waals surface area contributed by atoms with E-state index in [4.69, 9.17) is 0 Å². The molecule has 0 spiro atoms. The average molecular weight is 219 g/mol. The van der Waals surface area contributed by atoms with Crippen molar-refractivity contribution in [3.63, 3.8) is 0 Å². The standard InChI is InChI=1S/C13H21N3/c1-9-4-6-11(7-5-9)13-15-10(2)8-12(14-3)16-13/h8-9,11H,4-7H2,1-3H3,(H,14,15,16). The molecule has 16 heavy (non-hydrogen) atoms. The van der Waals surface area contributed by atoms with Crippen LogP contribution in [0.1, 0.15) is 50.0 Å². The second kappa shape index (κ2) is 4.81. The van der Waals surface area contributed by atoms with E-state index in [0.717, 1.165) is 23.3 Å². The highest BCUT2D eigenvalue weighted by Gasteiger charge is 2.22. The third-order valence-corrected chi connectivity index (χ3v) is 3.51. The molecule has 0 amide bonds. The van der Waals surface area contributed by atoms with E-state index in [2.05, 4.69) is 22.2 Å². The minimum atomic E-state index is 0.572. The van der Waals surface area contributed by atoms with Crippen molar-refractivity contribution < 1.29 is 0 Å². The summed E-state index contributed by atoms with van der Waals surface area (Å²) < 4.78 is 0. The van der Waals surface area contributed by atoms with E-state index in [0.29, 0.717) is 5.92 Å². The number of nitrogens with one attached hydrogen (secondary N) is 1. The number of rotatable bonds is 2. The topological polar surface area (TPSA) is 37.8 Å². The summed E-state index contributed by atoms with van der Waals surface area (Å²) in [5.41, 5.74) is 1.06. The maximum absolute atomic E-state index is 4.58. The predicted octanol–water partition coefficient (Wildman–Crippen LogP) is 3.12. The summed E-state index contributed by atoms with van der Waals surface area (Å²) in [6, 6.07) is 1.99. The molecule has 1 aliphatic rings. The van der Waals surface area contributed by atoms with Gasteiger partial charge in [0.05, 0.1) is 0 Å². The second-order valence-corrected chi connectivity index (χ2v) is 4.96. The van der Waals surface area contributed by atoms with Crippen molar-refractivity contribution in [2.45, 2.75) is 45.4 Å². The number of nitrogens with zero attached hydrogens (tertiary/aromatic N) is 2. The van der Waals surface area contributed by atoms with Gasteiger partial charge in [0.15, 0.2) is 0 Å². The fourth-order valence-electron chi connectivity index (χ4n) is 2.42. The third-order valence-electron chi connectivity index (χ3n) is 3.51. The molecule has 1 N–H and O–H groups in total. The molecule has 1 heterocycles. The number of hydrogen-bond acceptors (Lipinski definition) is 3. The van der Waals surface area contributed by atoms with Gasteiger partial charge in [-0.25, -0.2) is 9.97 Å². The normalized spacial score (nSPS) is 25.4. The van der Waals surface area contributed by atoms with Crippen LogP contribution in [0.3, 0.4) is 0 Å². The van der Waals surface area contributed by atoms with Crippen molar-refractivity contribution >= 4 is 5.82 Å². The van der Waals surface area contributed by atoms with Crippen LogP contribution < -0.4 is 5.32 Å². The summed E-state index contributed by atoms with van der Waals surface area (Å²) in [6.07, 6.45) is 5.12. The molecule has 88 valence electrons. The highest BCUT2D eigenvalue weighted by Crippen LogP contribution is 2.34. The van der Waals surface area contributed by atoms with Crippen LogP contribution in [-0.4, -0.2) is 17.0 Å². The zero-order valence-electron chi connectivity index (χ0n) is 10.5. The van der Waals surface area contributed by atoms with Crippen LogP contribution >= 0.6 is 0 Å².